The topological polar surface area (TPSA) is 41.6 Å². The van der Waals surface area contributed by atoms with Crippen LogP contribution in [0.25, 0.3) is 0 Å². The van der Waals surface area contributed by atoms with Gasteiger partial charge in [0.25, 0.3) is 0 Å². The highest BCUT2D eigenvalue weighted by Gasteiger charge is 2.59. The summed E-state index contributed by atoms with van der Waals surface area (Å²) in [6, 6.07) is 20.3. The molecule has 3 aromatic rings. The Morgan fingerprint density at radius 2 is 1.54 bits per heavy atom. The number of halogens is 4. The molecule has 4 nitrogen and oxygen atoms in total. The molecular weight excluding hydrogens is 460 g/mol. The highest BCUT2D eigenvalue weighted by atomic mass is 19.4. The van der Waals surface area contributed by atoms with E-state index in [9.17, 15) is 22.4 Å². The number of nitrogens with zero attached hydrogens (tertiary/aromatic N) is 1. The molecule has 2 unspecified atom stereocenters. The molecule has 8 heteroatoms. The zero-order valence-corrected chi connectivity index (χ0v) is 18.8. The number of rotatable bonds is 7. The summed E-state index contributed by atoms with van der Waals surface area (Å²) in [5, 5.41) is 2.72. The Morgan fingerprint density at radius 3 is 2.20 bits per heavy atom. The molecule has 1 amide bonds. The normalized spacial score (nSPS) is 21.4. The Balaban J connectivity index is 1.08. The van der Waals surface area contributed by atoms with E-state index in [4.69, 9.17) is 4.74 Å². The van der Waals surface area contributed by atoms with Crippen LogP contribution < -0.4 is 10.1 Å². The Morgan fingerprint density at radius 1 is 0.914 bits per heavy atom. The summed E-state index contributed by atoms with van der Waals surface area (Å²) in [7, 11) is 0. The van der Waals surface area contributed by atoms with Gasteiger partial charge in [-0.05, 0) is 59.4 Å². The van der Waals surface area contributed by atoms with Crippen LogP contribution in [0.15, 0.2) is 72.8 Å². The Bertz CT molecular complexity index is 1190. The molecule has 2 atom stereocenters. The van der Waals surface area contributed by atoms with Crippen LogP contribution >= 0.6 is 0 Å². The zero-order valence-electron chi connectivity index (χ0n) is 18.8. The average Bonchev–Trinajstić information content (AvgIpc) is 3.34. The lowest BCUT2D eigenvalue weighted by Gasteiger charge is -2.19. The molecule has 1 N–H and O–H groups in total. The van der Waals surface area contributed by atoms with Crippen molar-refractivity contribution >= 4 is 5.91 Å². The van der Waals surface area contributed by atoms with Gasteiger partial charge in [0, 0.05) is 32.1 Å². The van der Waals surface area contributed by atoms with E-state index in [1.807, 2.05) is 54.6 Å². The number of amides is 1. The van der Waals surface area contributed by atoms with Crippen LogP contribution in [0.5, 0.6) is 11.5 Å². The number of carbonyl (C=O) groups is 1. The summed E-state index contributed by atoms with van der Waals surface area (Å²) in [4.78, 5) is 14.9. The van der Waals surface area contributed by atoms with Crippen LogP contribution in [0.1, 0.15) is 16.7 Å². The van der Waals surface area contributed by atoms with Crippen molar-refractivity contribution in [3.63, 3.8) is 0 Å². The Hall–Kier alpha value is -3.39. The maximum atomic E-state index is 13.4. The fraction of sp³-hybridized carbons (Fsp3) is 0.296. The van der Waals surface area contributed by atoms with Crippen LogP contribution in [0, 0.1) is 23.6 Å². The molecule has 2 fully saturated rings. The summed E-state index contributed by atoms with van der Waals surface area (Å²) in [5.74, 6) is 0.483. The number of fused-ring (bicyclic) bond motifs is 1. The molecule has 3 aromatic carbocycles. The van der Waals surface area contributed by atoms with Gasteiger partial charge in [-0.3, -0.25) is 9.69 Å². The minimum atomic E-state index is -4.77. The fourth-order valence-electron chi connectivity index (χ4n) is 4.88. The van der Waals surface area contributed by atoms with E-state index in [-0.39, 0.29) is 35.8 Å². The van der Waals surface area contributed by atoms with Gasteiger partial charge in [0.1, 0.15) is 17.3 Å². The van der Waals surface area contributed by atoms with Gasteiger partial charge in [-0.2, -0.15) is 13.2 Å². The fourth-order valence-corrected chi connectivity index (χ4v) is 4.88. The molecule has 0 aromatic heterocycles. The Labute approximate surface area is 200 Å². The smallest absolute Gasteiger partial charge is 0.419 e. The van der Waals surface area contributed by atoms with Gasteiger partial charge in [0.2, 0.25) is 5.91 Å². The SMILES string of the molecule is O=C(NCc1ccc(F)c(C(F)(F)F)c1)C1C2CN(Cc3ccc(Oc4ccccc4)cc3)CC21. The van der Waals surface area contributed by atoms with E-state index >= 15 is 0 Å². The van der Waals surface area contributed by atoms with Crippen LogP contribution in [0.2, 0.25) is 0 Å². The second-order valence-corrected chi connectivity index (χ2v) is 9.14. The van der Waals surface area contributed by atoms with E-state index in [2.05, 4.69) is 10.2 Å². The monoisotopic (exact) mass is 484 g/mol. The Kier molecular flexibility index (Phi) is 6.23. The third-order valence-electron chi connectivity index (χ3n) is 6.68. The molecule has 1 saturated heterocycles. The number of ether oxygens (including phenoxy) is 1. The van der Waals surface area contributed by atoms with Crippen molar-refractivity contribution in [2.45, 2.75) is 19.3 Å². The van der Waals surface area contributed by atoms with Gasteiger partial charge in [-0.1, -0.05) is 36.4 Å². The van der Waals surface area contributed by atoms with Gasteiger partial charge in [-0.25, -0.2) is 4.39 Å². The van der Waals surface area contributed by atoms with Gasteiger partial charge in [-0.15, -0.1) is 0 Å². The van der Waals surface area contributed by atoms with Crippen LogP contribution in [0.3, 0.4) is 0 Å². The number of carbonyl (C=O) groups excluding carboxylic acids is 1. The van der Waals surface area contributed by atoms with E-state index in [1.165, 1.54) is 6.07 Å². The predicted octanol–water partition coefficient (Wildman–Crippen LogP) is 5.63. The van der Waals surface area contributed by atoms with Crippen molar-refractivity contribution in [2.75, 3.05) is 13.1 Å². The lowest BCUT2D eigenvalue weighted by atomic mass is 10.1. The standard InChI is InChI=1S/C27H24F4N2O2/c28-24-11-8-18(12-23(24)27(29,30)31)13-32-26(34)25-21-15-33(16-22(21)25)14-17-6-9-20(10-7-17)35-19-4-2-1-3-5-19/h1-12,21-22,25H,13-16H2,(H,32,34). The largest absolute Gasteiger partial charge is 0.457 e. The van der Waals surface area contributed by atoms with Gasteiger partial charge < -0.3 is 10.1 Å². The number of likely N-dealkylation sites (tertiary alicyclic amines) is 1. The number of para-hydroxylation sites is 1. The highest BCUT2D eigenvalue weighted by Crippen LogP contribution is 2.52. The van der Waals surface area contributed by atoms with Crippen LogP contribution in [0.4, 0.5) is 17.6 Å². The highest BCUT2D eigenvalue weighted by molar-refractivity contribution is 5.82. The van der Waals surface area contributed by atoms with Crippen molar-refractivity contribution < 1.29 is 27.1 Å². The van der Waals surface area contributed by atoms with Crippen molar-refractivity contribution in [1.29, 1.82) is 0 Å². The van der Waals surface area contributed by atoms with Gasteiger partial charge >= 0.3 is 6.18 Å². The van der Waals surface area contributed by atoms with Crippen molar-refractivity contribution in [3.8, 4) is 11.5 Å². The molecule has 0 spiro atoms. The van der Waals surface area contributed by atoms with Gasteiger partial charge in [0.15, 0.2) is 0 Å². The zero-order chi connectivity index (χ0) is 24.6. The number of hydrogen-bond donors (Lipinski definition) is 1. The molecule has 1 aliphatic carbocycles. The van der Waals surface area contributed by atoms with Gasteiger partial charge in [0.05, 0.1) is 5.56 Å². The molecule has 5 rings (SSSR count). The lowest BCUT2D eigenvalue weighted by molar-refractivity contribution is -0.140. The molecule has 0 radical (unpaired) electrons. The third-order valence-corrected chi connectivity index (χ3v) is 6.68. The second kappa shape index (κ2) is 9.34. The maximum Gasteiger partial charge on any atom is 0.419 e. The summed E-state index contributed by atoms with van der Waals surface area (Å²) >= 11 is 0. The lowest BCUT2D eigenvalue weighted by Crippen LogP contribution is -2.31. The number of nitrogens with one attached hydrogen (secondary N) is 1. The molecular formula is C27H24F4N2O2. The van der Waals surface area contributed by atoms with Crippen molar-refractivity contribution in [1.82, 2.24) is 10.2 Å². The first kappa shape index (κ1) is 23.4. The minimum absolute atomic E-state index is 0.0563. The summed E-state index contributed by atoms with van der Waals surface area (Å²) in [6.45, 7) is 2.33. The predicted molar refractivity (Wildman–Crippen MR) is 122 cm³/mol. The molecule has 0 bridgehead atoms. The third kappa shape index (κ3) is 5.32. The van der Waals surface area contributed by atoms with Crippen LogP contribution in [-0.2, 0) is 24.1 Å². The average molecular weight is 484 g/mol. The number of alkyl halides is 3. The maximum absolute atomic E-state index is 13.4. The number of benzene rings is 3. The van der Waals surface area contributed by atoms with Crippen molar-refractivity contribution in [2.24, 2.45) is 17.8 Å². The number of piperidine rings is 1. The summed E-state index contributed by atoms with van der Waals surface area (Å²) in [5.41, 5.74) is 0.0616. The van der Waals surface area contributed by atoms with E-state index < -0.39 is 17.6 Å². The van der Waals surface area contributed by atoms with E-state index in [0.29, 0.717) is 0 Å². The first-order valence-electron chi connectivity index (χ1n) is 11.5. The molecule has 2 aliphatic rings. The summed E-state index contributed by atoms with van der Waals surface area (Å²) in [6.07, 6.45) is -4.77. The minimum Gasteiger partial charge on any atom is -0.457 e. The van der Waals surface area contributed by atoms with Crippen molar-refractivity contribution in [3.05, 3.63) is 95.3 Å². The molecule has 182 valence electrons. The first-order valence-corrected chi connectivity index (χ1v) is 11.5. The second-order valence-electron chi connectivity index (χ2n) is 9.14. The number of hydrogen-bond acceptors (Lipinski definition) is 3. The molecule has 1 saturated carbocycles. The van der Waals surface area contributed by atoms with E-state index in [1.54, 1.807) is 0 Å². The summed E-state index contributed by atoms with van der Waals surface area (Å²) < 4.78 is 57.9. The first-order chi connectivity index (χ1) is 16.8. The molecule has 35 heavy (non-hydrogen) atoms. The van der Waals surface area contributed by atoms with Crippen LogP contribution in [-0.4, -0.2) is 23.9 Å². The van der Waals surface area contributed by atoms with E-state index in [0.717, 1.165) is 48.8 Å². The molecule has 1 heterocycles. The molecule has 1 aliphatic heterocycles. The quantitative estimate of drug-likeness (QED) is 0.442.